The molecule has 1 amide bonds. The van der Waals surface area contributed by atoms with Gasteiger partial charge in [0.05, 0.1) is 29.1 Å². The number of ether oxygens (including phenoxy) is 1. The molecular formula is C16H20ClN2O2S+. The fourth-order valence-corrected chi connectivity index (χ4v) is 3.27. The number of thiophene rings is 1. The molecule has 0 saturated carbocycles. The lowest BCUT2D eigenvalue weighted by atomic mass is 10.2. The van der Waals surface area contributed by atoms with E-state index in [0.29, 0.717) is 11.4 Å². The molecule has 1 heterocycles. The van der Waals surface area contributed by atoms with E-state index in [0.717, 1.165) is 15.8 Å². The third kappa shape index (κ3) is 4.22. The van der Waals surface area contributed by atoms with Gasteiger partial charge >= 0.3 is 0 Å². The first kappa shape index (κ1) is 16.8. The zero-order valence-electron chi connectivity index (χ0n) is 12.9. The van der Waals surface area contributed by atoms with Crippen LogP contribution in [0.2, 0.25) is 4.34 Å². The summed E-state index contributed by atoms with van der Waals surface area (Å²) >= 11 is 7.49. The molecule has 4 nitrogen and oxygen atoms in total. The smallest absolute Gasteiger partial charge is 0.282 e. The van der Waals surface area contributed by atoms with Crippen molar-refractivity contribution < 1.29 is 14.4 Å². The molecule has 0 aliphatic heterocycles. The number of carbonyl (C=O) groups excluding carboxylic acids is 1. The third-order valence-corrected chi connectivity index (χ3v) is 4.81. The van der Waals surface area contributed by atoms with Crippen molar-refractivity contribution in [1.82, 2.24) is 0 Å². The highest BCUT2D eigenvalue weighted by Gasteiger charge is 2.23. The van der Waals surface area contributed by atoms with Gasteiger partial charge in [0.15, 0.2) is 6.04 Å². The second-order valence-electron chi connectivity index (χ2n) is 5.14. The number of anilines is 1. The van der Waals surface area contributed by atoms with Crippen molar-refractivity contribution in [3.8, 4) is 5.75 Å². The molecule has 1 aromatic carbocycles. The van der Waals surface area contributed by atoms with Crippen molar-refractivity contribution in [1.29, 1.82) is 0 Å². The van der Waals surface area contributed by atoms with E-state index in [1.165, 1.54) is 4.88 Å². The second-order valence-corrected chi connectivity index (χ2v) is 6.94. The van der Waals surface area contributed by atoms with Crippen molar-refractivity contribution in [3.63, 3.8) is 0 Å². The largest absolute Gasteiger partial charge is 0.495 e. The maximum Gasteiger partial charge on any atom is 0.282 e. The zero-order valence-corrected chi connectivity index (χ0v) is 14.4. The highest BCUT2D eigenvalue weighted by molar-refractivity contribution is 7.16. The molecule has 0 saturated heterocycles. The van der Waals surface area contributed by atoms with Gasteiger partial charge in [-0.2, -0.15) is 0 Å². The summed E-state index contributed by atoms with van der Waals surface area (Å²) in [5.41, 5.74) is 0.689. The van der Waals surface area contributed by atoms with Crippen molar-refractivity contribution in [2.24, 2.45) is 0 Å². The Morgan fingerprint density at radius 3 is 2.73 bits per heavy atom. The van der Waals surface area contributed by atoms with E-state index >= 15 is 0 Å². The number of likely N-dealkylation sites (N-methyl/N-ethyl adjacent to an activating group) is 1. The molecule has 22 heavy (non-hydrogen) atoms. The number of halogens is 1. The van der Waals surface area contributed by atoms with Crippen LogP contribution in [-0.4, -0.2) is 26.1 Å². The van der Waals surface area contributed by atoms with Crippen LogP contribution in [0.5, 0.6) is 5.75 Å². The van der Waals surface area contributed by atoms with Gasteiger partial charge in [-0.15, -0.1) is 11.3 Å². The van der Waals surface area contributed by atoms with Gasteiger partial charge in [-0.05, 0) is 31.2 Å². The minimum atomic E-state index is -0.189. The van der Waals surface area contributed by atoms with Crippen LogP contribution in [0.4, 0.5) is 5.69 Å². The number of carbonyl (C=O) groups is 1. The number of nitrogens with one attached hydrogen (secondary N) is 2. The summed E-state index contributed by atoms with van der Waals surface area (Å²) in [6.45, 7) is 2.67. The first-order valence-corrected chi connectivity index (χ1v) is 8.21. The van der Waals surface area contributed by atoms with Gasteiger partial charge in [-0.3, -0.25) is 4.79 Å². The lowest BCUT2D eigenvalue weighted by Crippen LogP contribution is -3.12. The Morgan fingerprint density at radius 2 is 2.09 bits per heavy atom. The molecule has 0 fully saturated rings. The molecule has 1 aromatic heterocycles. The Labute approximate surface area is 139 Å². The van der Waals surface area contributed by atoms with E-state index in [2.05, 4.69) is 5.32 Å². The Balaban J connectivity index is 1.99. The Kier molecular flexibility index (Phi) is 5.83. The summed E-state index contributed by atoms with van der Waals surface area (Å²) in [5.74, 6) is 0.621. The van der Waals surface area contributed by atoms with Crippen LogP contribution in [-0.2, 0) is 11.3 Å². The molecular weight excluding hydrogens is 320 g/mol. The Morgan fingerprint density at radius 1 is 1.36 bits per heavy atom. The minimum Gasteiger partial charge on any atom is -0.495 e. The zero-order chi connectivity index (χ0) is 16.1. The van der Waals surface area contributed by atoms with Gasteiger partial charge in [0.1, 0.15) is 12.3 Å². The van der Waals surface area contributed by atoms with Gasteiger partial charge in [0, 0.05) is 0 Å². The van der Waals surface area contributed by atoms with Gasteiger partial charge < -0.3 is 15.0 Å². The lowest BCUT2D eigenvalue weighted by Gasteiger charge is -2.21. The summed E-state index contributed by atoms with van der Waals surface area (Å²) in [7, 11) is 3.59. The van der Waals surface area contributed by atoms with Crippen LogP contribution < -0.4 is 15.0 Å². The number of methoxy groups -OCH3 is 1. The van der Waals surface area contributed by atoms with Gasteiger partial charge in [0.25, 0.3) is 5.91 Å². The van der Waals surface area contributed by atoms with Crippen LogP contribution in [0.3, 0.4) is 0 Å². The number of quaternary nitrogens is 1. The fourth-order valence-electron chi connectivity index (χ4n) is 2.09. The highest BCUT2D eigenvalue weighted by Crippen LogP contribution is 2.23. The minimum absolute atomic E-state index is 0.0374. The molecule has 0 aliphatic rings. The SMILES string of the molecule is COc1ccccc1NC(=O)[C@@H](C)[NH+](C)Cc1ccc(Cl)s1. The van der Waals surface area contributed by atoms with Crippen LogP contribution in [0.15, 0.2) is 36.4 Å². The summed E-state index contributed by atoms with van der Waals surface area (Å²) in [6, 6.07) is 11.1. The standard InChI is InChI=1S/C16H19ClN2O2S/c1-11(19(2)10-12-8-9-15(17)22-12)16(20)18-13-6-4-5-7-14(13)21-3/h4-9,11H,10H2,1-3H3,(H,18,20)/p+1/t11-/m1/s1. The van der Waals surface area contributed by atoms with E-state index in [1.54, 1.807) is 18.4 Å². The van der Waals surface area contributed by atoms with Crippen LogP contribution in [0.1, 0.15) is 11.8 Å². The summed E-state index contributed by atoms with van der Waals surface area (Å²) in [5, 5.41) is 2.93. The molecule has 2 rings (SSSR count). The van der Waals surface area contributed by atoms with E-state index in [4.69, 9.17) is 16.3 Å². The molecule has 6 heteroatoms. The quantitative estimate of drug-likeness (QED) is 0.849. The maximum atomic E-state index is 12.4. The maximum absolute atomic E-state index is 12.4. The molecule has 2 aromatic rings. The van der Waals surface area contributed by atoms with E-state index in [-0.39, 0.29) is 11.9 Å². The van der Waals surface area contributed by atoms with Crippen molar-refractivity contribution in [3.05, 3.63) is 45.6 Å². The van der Waals surface area contributed by atoms with E-state index in [9.17, 15) is 4.79 Å². The van der Waals surface area contributed by atoms with Crippen molar-refractivity contribution in [2.75, 3.05) is 19.5 Å². The Bertz CT molecular complexity index is 645. The normalized spacial score (nSPS) is 13.5. The predicted octanol–water partition coefficient (Wildman–Crippen LogP) is 2.45. The number of hydrogen-bond donors (Lipinski definition) is 2. The van der Waals surface area contributed by atoms with Gasteiger partial charge in [-0.25, -0.2) is 0 Å². The number of rotatable bonds is 6. The fraction of sp³-hybridized carbons (Fsp3) is 0.312. The molecule has 2 N–H and O–H groups in total. The predicted molar refractivity (Wildman–Crippen MR) is 91.0 cm³/mol. The van der Waals surface area contributed by atoms with Crippen molar-refractivity contribution in [2.45, 2.75) is 19.5 Å². The number of amides is 1. The van der Waals surface area contributed by atoms with Crippen LogP contribution in [0, 0.1) is 0 Å². The molecule has 0 bridgehead atoms. The summed E-state index contributed by atoms with van der Waals surface area (Å²) in [4.78, 5) is 14.7. The number of hydrogen-bond acceptors (Lipinski definition) is 3. The van der Waals surface area contributed by atoms with Crippen molar-refractivity contribution >= 4 is 34.5 Å². The second kappa shape index (κ2) is 7.63. The summed E-state index contributed by atoms with van der Waals surface area (Å²) in [6.07, 6.45) is 0. The Hall–Kier alpha value is -1.56. The van der Waals surface area contributed by atoms with Gasteiger partial charge in [-0.1, -0.05) is 23.7 Å². The molecule has 0 radical (unpaired) electrons. The monoisotopic (exact) mass is 339 g/mol. The van der Waals surface area contributed by atoms with E-state index < -0.39 is 0 Å². The first-order valence-electron chi connectivity index (χ1n) is 7.01. The molecule has 2 atom stereocenters. The number of benzene rings is 1. The molecule has 118 valence electrons. The van der Waals surface area contributed by atoms with E-state index in [1.807, 2.05) is 50.4 Å². The molecule has 1 unspecified atom stereocenters. The average Bonchev–Trinajstić information content (AvgIpc) is 2.92. The van der Waals surface area contributed by atoms with Crippen LogP contribution >= 0.6 is 22.9 Å². The third-order valence-electron chi connectivity index (χ3n) is 3.58. The summed E-state index contributed by atoms with van der Waals surface area (Å²) < 4.78 is 6.02. The van der Waals surface area contributed by atoms with Gasteiger partial charge in [0.2, 0.25) is 0 Å². The number of para-hydroxylation sites is 2. The molecule has 0 spiro atoms. The topological polar surface area (TPSA) is 42.8 Å². The highest BCUT2D eigenvalue weighted by atomic mass is 35.5. The average molecular weight is 340 g/mol. The first-order chi connectivity index (χ1) is 10.5. The molecule has 0 aliphatic carbocycles. The lowest BCUT2D eigenvalue weighted by molar-refractivity contribution is -0.907. The van der Waals surface area contributed by atoms with Crippen LogP contribution in [0.25, 0.3) is 0 Å².